The lowest BCUT2D eigenvalue weighted by molar-refractivity contribution is 0.0621. The van der Waals surface area contributed by atoms with Crippen molar-refractivity contribution in [1.82, 2.24) is 10.6 Å². The molecule has 1 aromatic carbocycles. The van der Waals surface area contributed by atoms with Crippen molar-refractivity contribution >= 4 is 17.3 Å². The van der Waals surface area contributed by atoms with Crippen molar-refractivity contribution in [2.75, 3.05) is 26.3 Å². The number of thiophene rings is 1. The molecule has 0 spiro atoms. The fourth-order valence-electron chi connectivity index (χ4n) is 2.75. The van der Waals surface area contributed by atoms with E-state index in [4.69, 9.17) is 9.47 Å². The summed E-state index contributed by atoms with van der Waals surface area (Å²) in [6, 6.07) is 7.86. The van der Waals surface area contributed by atoms with Crippen LogP contribution in [-0.2, 0) is 12.1 Å². The highest BCUT2D eigenvalue weighted by Gasteiger charge is 2.23. The fourth-order valence-corrected chi connectivity index (χ4v) is 3.53. The Morgan fingerprint density at radius 1 is 1.22 bits per heavy atom. The Kier molecular flexibility index (Phi) is 6.58. The van der Waals surface area contributed by atoms with Crippen molar-refractivity contribution in [3.63, 3.8) is 0 Å². The average molecular weight is 390 g/mol. The Morgan fingerprint density at radius 3 is 2.78 bits per heavy atom. The van der Waals surface area contributed by atoms with Crippen LogP contribution >= 0.6 is 11.3 Å². The van der Waals surface area contributed by atoms with E-state index in [-0.39, 0.29) is 0 Å². The number of hydrogen-bond donors (Lipinski definition) is 3. The van der Waals surface area contributed by atoms with Gasteiger partial charge in [-0.15, -0.1) is 0 Å². The Labute approximate surface area is 164 Å². The molecule has 146 valence electrons. The van der Waals surface area contributed by atoms with Gasteiger partial charge in [-0.2, -0.15) is 11.3 Å². The average Bonchev–Trinajstić information content (AvgIpc) is 3.11. The molecule has 0 saturated heterocycles. The van der Waals surface area contributed by atoms with E-state index < -0.39 is 5.60 Å². The molecule has 0 fully saturated rings. The maximum Gasteiger partial charge on any atom is 0.191 e. The molecule has 27 heavy (non-hydrogen) atoms. The molecular weight excluding hydrogens is 362 g/mol. The molecule has 6 nitrogen and oxygen atoms in total. The van der Waals surface area contributed by atoms with Gasteiger partial charge in [0.1, 0.15) is 5.60 Å². The van der Waals surface area contributed by atoms with Crippen LogP contribution in [0.3, 0.4) is 0 Å². The van der Waals surface area contributed by atoms with Gasteiger partial charge in [-0.1, -0.05) is 6.07 Å². The van der Waals surface area contributed by atoms with E-state index in [9.17, 15) is 5.11 Å². The first-order chi connectivity index (χ1) is 13.1. The molecule has 1 aliphatic rings. The summed E-state index contributed by atoms with van der Waals surface area (Å²) in [6.07, 6.45) is 0.890. The topological polar surface area (TPSA) is 75.1 Å². The molecule has 0 saturated carbocycles. The van der Waals surface area contributed by atoms with Crippen molar-refractivity contribution in [2.45, 2.75) is 32.4 Å². The van der Waals surface area contributed by atoms with Gasteiger partial charge in [0.2, 0.25) is 0 Å². The Bertz CT molecular complexity index is 760. The normalized spacial score (nSPS) is 16.3. The second-order valence-electron chi connectivity index (χ2n) is 6.67. The van der Waals surface area contributed by atoms with Crippen LogP contribution in [0.2, 0.25) is 0 Å². The van der Waals surface area contributed by atoms with E-state index >= 15 is 0 Å². The minimum Gasteiger partial charge on any atom is -0.490 e. The predicted octanol–water partition coefficient (Wildman–Crippen LogP) is 2.87. The van der Waals surface area contributed by atoms with Crippen LogP contribution in [0.4, 0.5) is 0 Å². The van der Waals surface area contributed by atoms with E-state index in [1.165, 1.54) is 0 Å². The lowest BCUT2D eigenvalue weighted by Crippen LogP contribution is -2.44. The minimum atomic E-state index is -0.953. The summed E-state index contributed by atoms with van der Waals surface area (Å²) in [5.41, 5.74) is 0.991. The van der Waals surface area contributed by atoms with Crippen molar-refractivity contribution in [3.05, 3.63) is 46.2 Å². The molecule has 1 unspecified atom stereocenters. The third kappa shape index (κ3) is 5.37. The van der Waals surface area contributed by atoms with Crippen molar-refractivity contribution < 1.29 is 14.6 Å². The molecule has 3 N–H and O–H groups in total. The SMILES string of the molecule is CCNC(=NCc1ccc2c(c1)OCCCO2)NCC(C)(O)c1ccsc1. The first-order valence-corrected chi connectivity index (χ1v) is 10.2. The molecule has 0 amide bonds. The Morgan fingerprint density at radius 2 is 2.04 bits per heavy atom. The molecule has 0 bridgehead atoms. The quantitative estimate of drug-likeness (QED) is 0.523. The number of aliphatic hydroxyl groups is 1. The second-order valence-corrected chi connectivity index (χ2v) is 7.45. The molecule has 3 rings (SSSR count). The molecule has 1 atom stereocenters. The van der Waals surface area contributed by atoms with Crippen LogP contribution in [0.1, 0.15) is 31.4 Å². The minimum absolute atomic E-state index is 0.372. The zero-order valence-corrected chi connectivity index (χ0v) is 16.6. The van der Waals surface area contributed by atoms with Gasteiger partial charge in [0.05, 0.1) is 26.3 Å². The number of rotatable bonds is 6. The smallest absolute Gasteiger partial charge is 0.191 e. The van der Waals surface area contributed by atoms with Gasteiger partial charge in [0.25, 0.3) is 0 Å². The maximum atomic E-state index is 10.7. The van der Waals surface area contributed by atoms with Gasteiger partial charge >= 0.3 is 0 Å². The van der Waals surface area contributed by atoms with Gasteiger partial charge in [0, 0.05) is 13.0 Å². The highest BCUT2D eigenvalue weighted by Crippen LogP contribution is 2.30. The molecule has 1 aromatic heterocycles. The lowest BCUT2D eigenvalue weighted by atomic mass is 9.99. The Balaban J connectivity index is 1.64. The lowest BCUT2D eigenvalue weighted by Gasteiger charge is -2.24. The molecule has 7 heteroatoms. The van der Waals surface area contributed by atoms with Gasteiger partial charge in [0.15, 0.2) is 17.5 Å². The summed E-state index contributed by atoms with van der Waals surface area (Å²) in [4.78, 5) is 4.63. The highest BCUT2D eigenvalue weighted by molar-refractivity contribution is 7.08. The Hall–Kier alpha value is -2.25. The first-order valence-electron chi connectivity index (χ1n) is 9.24. The monoisotopic (exact) mass is 389 g/mol. The van der Waals surface area contributed by atoms with Gasteiger partial charge < -0.3 is 25.2 Å². The van der Waals surface area contributed by atoms with E-state index in [1.54, 1.807) is 18.3 Å². The number of benzene rings is 1. The first kappa shape index (κ1) is 19.5. The number of aliphatic imine (C=N–C) groups is 1. The second kappa shape index (κ2) is 9.10. The van der Waals surface area contributed by atoms with Crippen LogP contribution in [0, 0.1) is 0 Å². The zero-order chi connectivity index (χ0) is 19.1. The van der Waals surface area contributed by atoms with E-state index in [1.807, 2.05) is 41.9 Å². The summed E-state index contributed by atoms with van der Waals surface area (Å²) in [5.74, 6) is 2.23. The van der Waals surface area contributed by atoms with Crippen LogP contribution in [0.25, 0.3) is 0 Å². The van der Waals surface area contributed by atoms with Crippen LogP contribution < -0.4 is 20.1 Å². The zero-order valence-electron chi connectivity index (χ0n) is 15.8. The standard InChI is InChI=1S/C20H27N3O3S/c1-3-21-19(23-14-20(2,24)16-7-10-27-13-16)22-12-15-5-6-17-18(11-15)26-9-4-8-25-17/h5-7,10-11,13,24H,3-4,8-9,12,14H2,1-2H3,(H2,21,22,23). The number of hydrogen-bond acceptors (Lipinski definition) is 5. The molecule has 0 aliphatic carbocycles. The van der Waals surface area contributed by atoms with E-state index in [0.717, 1.165) is 35.6 Å². The van der Waals surface area contributed by atoms with Crippen molar-refractivity contribution in [3.8, 4) is 11.5 Å². The molecule has 2 aromatic rings. The molecular formula is C20H27N3O3S. The van der Waals surface area contributed by atoms with Crippen LogP contribution in [-0.4, -0.2) is 37.4 Å². The molecule has 0 radical (unpaired) electrons. The number of nitrogens with zero attached hydrogens (tertiary/aromatic N) is 1. The summed E-state index contributed by atoms with van der Waals surface area (Å²) in [6.45, 7) is 6.79. The highest BCUT2D eigenvalue weighted by atomic mass is 32.1. The van der Waals surface area contributed by atoms with Crippen LogP contribution in [0.5, 0.6) is 11.5 Å². The van der Waals surface area contributed by atoms with Crippen molar-refractivity contribution in [1.29, 1.82) is 0 Å². The fraction of sp³-hybridized carbons (Fsp3) is 0.450. The van der Waals surface area contributed by atoms with Crippen molar-refractivity contribution in [2.24, 2.45) is 4.99 Å². The summed E-state index contributed by atoms with van der Waals surface area (Å²) in [7, 11) is 0. The van der Waals surface area contributed by atoms with E-state index in [2.05, 4.69) is 15.6 Å². The van der Waals surface area contributed by atoms with Gasteiger partial charge in [-0.05, 0) is 53.9 Å². The van der Waals surface area contributed by atoms with Crippen LogP contribution in [0.15, 0.2) is 40.0 Å². The van der Waals surface area contributed by atoms with E-state index in [0.29, 0.717) is 32.3 Å². The number of ether oxygens (including phenoxy) is 2. The number of nitrogens with one attached hydrogen (secondary N) is 2. The molecule has 1 aliphatic heterocycles. The third-order valence-electron chi connectivity index (χ3n) is 4.32. The maximum absolute atomic E-state index is 10.7. The van der Waals surface area contributed by atoms with Gasteiger partial charge in [-0.25, -0.2) is 4.99 Å². The number of fused-ring (bicyclic) bond motifs is 1. The summed E-state index contributed by atoms with van der Waals surface area (Å²) in [5, 5.41) is 21.0. The third-order valence-corrected chi connectivity index (χ3v) is 5.00. The predicted molar refractivity (Wildman–Crippen MR) is 109 cm³/mol. The summed E-state index contributed by atoms with van der Waals surface area (Å²) >= 11 is 1.58. The molecule has 2 heterocycles. The number of guanidine groups is 1. The largest absolute Gasteiger partial charge is 0.490 e. The summed E-state index contributed by atoms with van der Waals surface area (Å²) < 4.78 is 11.4. The van der Waals surface area contributed by atoms with Gasteiger partial charge in [-0.3, -0.25) is 0 Å².